The summed E-state index contributed by atoms with van der Waals surface area (Å²) in [6.45, 7) is 4.34. The lowest BCUT2D eigenvalue weighted by molar-refractivity contribution is -0.158. The first-order valence-electron chi connectivity index (χ1n) is 11.4. The maximum Gasteiger partial charge on any atom is 0.321 e. The average Bonchev–Trinajstić information content (AvgIpc) is 2.84. The van der Waals surface area contributed by atoms with Crippen LogP contribution in [0.25, 0.3) is 0 Å². The van der Waals surface area contributed by atoms with Crippen molar-refractivity contribution in [3.63, 3.8) is 0 Å². The second kappa shape index (κ2) is 10.0. The molecule has 8 heteroatoms. The van der Waals surface area contributed by atoms with Crippen LogP contribution in [0.3, 0.4) is 0 Å². The van der Waals surface area contributed by atoms with Crippen molar-refractivity contribution >= 4 is 23.5 Å². The summed E-state index contributed by atoms with van der Waals surface area (Å²) in [5.74, 6) is -1.36. The molecule has 0 aromatic heterocycles. The van der Waals surface area contributed by atoms with Crippen LogP contribution < -0.4 is 5.32 Å². The Balaban J connectivity index is 1.27. The van der Waals surface area contributed by atoms with E-state index in [0.29, 0.717) is 39.0 Å². The number of urea groups is 1. The summed E-state index contributed by atoms with van der Waals surface area (Å²) >= 11 is 0. The normalized spacial score (nSPS) is 17.5. The van der Waals surface area contributed by atoms with Crippen molar-refractivity contribution < 1.29 is 18.8 Å². The van der Waals surface area contributed by atoms with Gasteiger partial charge in [0.1, 0.15) is 5.82 Å². The third kappa shape index (κ3) is 5.32. The lowest BCUT2D eigenvalue weighted by atomic mass is 10.0. The SMILES string of the molecule is CCc1ccc(NC(=O)N2CCC(N3CCN(Cc4ccc(F)cc4)C(=O)C3=O)CC2)cc1. The minimum absolute atomic E-state index is 0.0534. The molecule has 2 aromatic carbocycles. The molecule has 2 fully saturated rings. The van der Waals surface area contributed by atoms with Crippen molar-refractivity contribution in [2.75, 3.05) is 31.5 Å². The van der Waals surface area contributed by atoms with E-state index in [1.54, 1.807) is 21.9 Å². The number of benzene rings is 2. The summed E-state index contributed by atoms with van der Waals surface area (Å²) in [4.78, 5) is 43.0. The Labute approximate surface area is 193 Å². The average molecular weight is 453 g/mol. The summed E-state index contributed by atoms with van der Waals surface area (Å²) in [7, 11) is 0. The first-order chi connectivity index (χ1) is 15.9. The molecule has 0 radical (unpaired) electrons. The van der Waals surface area contributed by atoms with Crippen LogP contribution in [0.15, 0.2) is 48.5 Å². The number of rotatable bonds is 5. The summed E-state index contributed by atoms with van der Waals surface area (Å²) in [6, 6.07) is 13.5. The fraction of sp³-hybridized carbons (Fsp3) is 0.400. The van der Waals surface area contributed by atoms with Crippen LogP contribution in [0, 0.1) is 5.82 Å². The molecular weight excluding hydrogens is 423 g/mol. The van der Waals surface area contributed by atoms with Gasteiger partial charge in [-0.1, -0.05) is 31.2 Å². The number of aryl methyl sites for hydroxylation is 1. The zero-order chi connectivity index (χ0) is 23.4. The van der Waals surface area contributed by atoms with Gasteiger partial charge in [-0.25, -0.2) is 9.18 Å². The van der Waals surface area contributed by atoms with E-state index in [4.69, 9.17) is 0 Å². The summed E-state index contributed by atoms with van der Waals surface area (Å²) < 4.78 is 13.1. The molecule has 1 N–H and O–H groups in total. The first-order valence-corrected chi connectivity index (χ1v) is 11.4. The molecule has 2 aromatic rings. The molecule has 33 heavy (non-hydrogen) atoms. The number of hydrogen-bond donors (Lipinski definition) is 1. The predicted octanol–water partition coefficient (Wildman–Crippen LogP) is 3.26. The molecule has 0 atom stereocenters. The number of anilines is 1. The lowest BCUT2D eigenvalue weighted by Gasteiger charge is -2.42. The number of hydrogen-bond acceptors (Lipinski definition) is 3. The topological polar surface area (TPSA) is 73.0 Å². The fourth-order valence-corrected chi connectivity index (χ4v) is 4.41. The molecular formula is C25H29FN4O3. The number of piperidine rings is 1. The number of likely N-dealkylation sites (tertiary alicyclic amines) is 1. The Morgan fingerprint density at radius 1 is 0.909 bits per heavy atom. The van der Waals surface area contributed by atoms with Gasteiger partial charge in [-0.15, -0.1) is 0 Å². The highest BCUT2D eigenvalue weighted by Crippen LogP contribution is 2.21. The van der Waals surface area contributed by atoms with Gasteiger partial charge < -0.3 is 20.0 Å². The zero-order valence-electron chi connectivity index (χ0n) is 18.8. The lowest BCUT2D eigenvalue weighted by Crippen LogP contribution is -2.59. The maximum absolute atomic E-state index is 13.1. The highest BCUT2D eigenvalue weighted by molar-refractivity contribution is 6.35. The van der Waals surface area contributed by atoms with Gasteiger partial charge in [0, 0.05) is 44.5 Å². The van der Waals surface area contributed by atoms with Gasteiger partial charge in [0.2, 0.25) is 0 Å². The van der Waals surface area contributed by atoms with Crippen LogP contribution in [-0.2, 0) is 22.6 Å². The molecule has 0 unspecified atom stereocenters. The number of carbonyl (C=O) groups is 3. The number of amides is 4. The van der Waals surface area contributed by atoms with Crippen LogP contribution in [0.2, 0.25) is 0 Å². The maximum atomic E-state index is 13.1. The fourth-order valence-electron chi connectivity index (χ4n) is 4.41. The quantitative estimate of drug-likeness (QED) is 0.708. The van der Waals surface area contributed by atoms with Crippen molar-refractivity contribution in [1.82, 2.24) is 14.7 Å². The van der Waals surface area contributed by atoms with Crippen molar-refractivity contribution in [2.24, 2.45) is 0 Å². The van der Waals surface area contributed by atoms with Gasteiger partial charge in [0.05, 0.1) is 0 Å². The number of nitrogens with one attached hydrogen (secondary N) is 1. The third-order valence-corrected chi connectivity index (χ3v) is 6.43. The second-order valence-corrected chi connectivity index (χ2v) is 8.55. The van der Waals surface area contributed by atoms with Crippen LogP contribution in [0.5, 0.6) is 0 Å². The largest absolute Gasteiger partial charge is 0.330 e. The Hall–Kier alpha value is -3.42. The third-order valence-electron chi connectivity index (χ3n) is 6.43. The molecule has 174 valence electrons. The Bertz CT molecular complexity index is 1000. The van der Waals surface area contributed by atoms with Crippen LogP contribution in [0.4, 0.5) is 14.9 Å². The van der Waals surface area contributed by atoms with Gasteiger partial charge in [0.15, 0.2) is 0 Å². The predicted molar refractivity (Wildman–Crippen MR) is 123 cm³/mol. The molecule has 2 aliphatic rings. The van der Waals surface area contributed by atoms with E-state index < -0.39 is 11.8 Å². The van der Waals surface area contributed by atoms with E-state index in [2.05, 4.69) is 12.2 Å². The van der Waals surface area contributed by atoms with Crippen molar-refractivity contribution in [2.45, 2.75) is 38.8 Å². The molecule has 0 bridgehead atoms. The zero-order valence-corrected chi connectivity index (χ0v) is 18.8. The minimum Gasteiger partial charge on any atom is -0.330 e. The van der Waals surface area contributed by atoms with Crippen molar-refractivity contribution in [1.29, 1.82) is 0 Å². The smallest absolute Gasteiger partial charge is 0.321 e. The summed E-state index contributed by atoms with van der Waals surface area (Å²) in [6.07, 6.45) is 2.22. The van der Waals surface area contributed by atoms with Gasteiger partial charge in [-0.05, 0) is 54.7 Å². The van der Waals surface area contributed by atoms with E-state index in [1.165, 1.54) is 22.6 Å². The molecule has 7 nitrogen and oxygen atoms in total. The molecule has 4 rings (SSSR count). The molecule has 2 aliphatic heterocycles. The molecule has 0 spiro atoms. The molecule has 0 aliphatic carbocycles. The standard InChI is InChI=1S/C25H29FN4O3/c1-2-18-5-9-21(10-6-18)27-25(33)28-13-11-22(12-14-28)30-16-15-29(23(31)24(30)32)17-19-3-7-20(26)8-4-19/h3-10,22H,2,11-17H2,1H3,(H,27,33). The van der Waals surface area contributed by atoms with Gasteiger partial charge in [0.25, 0.3) is 0 Å². The van der Waals surface area contributed by atoms with Crippen molar-refractivity contribution in [3.8, 4) is 0 Å². The molecule has 2 saturated heterocycles. The van der Waals surface area contributed by atoms with Gasteiger partial charge in [-0.3, -0.25) is 9.59 Å². The molecule has 2 heterocycles. The van der Waals surface area contributed by atoms with E-state index in [0.717, 1.165) is 17.7 Å². The van der Waals surface area contributed by atoms with Crippen LogP contribution in [0.1, 0.15) is 30.9 Å². The summed E-state index contributed by atoms with van der Waals surface area (Å²) in [5.41, 5.74) is 2.76. The first kappa shape index (κ1) is 22.8. The van der Waals surface area contributed by atoms with Crippen LogP contribution >= 0.6 is 0 Å². The van der Waals surface area contributed by atoms with Gasteiger partial charge >= 0.3 is 17.8 Å². The summed E-state index contributed by atoms with van der Waals surface area (Å²) in [5, 5.41) is 2.93. The number of nitrogens with zero attached hydrogens (tertiary/aromatic N) is 3. The molecule has 4 amide bonds. The number of carbonyl (C=O) groups excluding carboxylic acids is 3. The van der Waals surface area contributed by atoms with Gasteiger partial charge in [-0.2, -0.15) is 0 Å². The molecule has 0 saturated carbocycles. The minimum atomic E-state index is -0.527. The van der Waals surface area contributed by atoms with Crippen molar-refractivity contribution in [3.05, 3.63) is 65.5 Å². The monoisotopic (exact) mass is 452 g/mol. The highest BCUT2D eigenvalue weighted by Gasteiger charge is 2.38. The van der Waals surface area contributed by atoms with E-state index >= 15 is 0 Å². The number of piperazine rings is 1. The van der Waals surface area contributed by atoms with Crippen LogP contribution in [-0.4, -0.2) is 64.8 Å². The van der Waals surface area contributed by atoms with E-state index in [9.17, 15) is 18.8 Å². The number of halogens is 1. The van der Waals surface area contributed by atoms with E-state index in [-0.39, 0.29) is 24.4 Å². The Morgan fingerprint density at radius 2 is 1.55 bits per heavy atom. The Morgan fingerprint density at radius 3 is 2.18 bits per heavy atom. The second-order valence-electron chi connectivity index (χ2n) is 8.55. The highest BCUT2D eigenvalue weighted by atomic mass is 19.1. The van der Waals surface area contributed by atoms with E-state index in [1.807, 2.05) is 24.3 Å². The Kier molecular flexibility index (Phi) is 6.91.